The third-order valence-electron chi connectivity index (χ3n) is 3.55. The van der Waals surface area contributed by atoms with Crippen LogP contribution in [-0.4, -0.2) is 21.0 Å². The van der Waals surface area contributed by atoms with Gasteiger partial charge in [0.2, 0.25) is 0 Å². The first-order valence-electron chi connectivity index (χ1n) is 7.04. The molecule has 0 bridgehead atoms. The Balaban J connectivity index is 2.05. The number of rotatable bonds is 3. The van der Waals surface area contributed by atoms with E-state index in [1.54, 1.807) is 18.3 Å². The molecule has 0 spiro atoms. The van der Waals surface area contributed by atoms with E-state index in [2.05, 4.69) is 16.0 Å². The van der Waals surface area contributed by atoms with Gasteiger partial charge >= 0.3 is 5.97 Å². The Kier molecular flexibility index (Phi) is 3.73. The Morgan fingerprint density at radius 2 is 2.09 bits per heavy atom. The van der Waals surface area contributed by atoms with Gasteiger partial charge < -0.3 is 5.11 Å². The smallest absolute Gasteiger partial charge is 0.335 e. The number of carbonyl (C=O) groups is 1. The fourth-order valence-corrected chi connectivity index (χ4v) is 2.53. The van der Waals surface area contributed by atoms with Crippen LogP contribution in [0.1, 0.15) is 32.7 Å². The summed E-state index contributed by atoms with van der Waals surface area (Å²) < 4.78 is 0. The summed E-state index contributed by atoms with van der Waals surface area (Å²) in [4.78, 5) is 19.6. The number of carboxylic acids is 1. The second kappa shape index (κ2) is 5.85. The zero-order chi connectivity index (χ0) is 16.4. The number of aryl methyl sites for hydroxylation is 1. The van der Waals surface area contributed by atoms with Crippen LogP contribution in [0.3, 0.4) is 0 Å². The summed E-state index contributed by atoms with van der Waals surface area (Å²) in [5, 5.41) is 19.3. The SMILES string of the molecule is Cc1cnc2c(C#N)cc(Cc3cc(C(=O)O)ccn3)cc2c1. The Labute approximate surface area is 132 Å². The molecule has 0 saturated carbocycles. The largest absolute Gasteiger partial charge is 0.478 e. The molecule has 0 unspecified atom stereocenters. The summed E-state index contributed by atoms with van der Waals surface area (Å²) in [7, 11) is 0. The van der Waals surface area contributed by atoms with Crippen LogP contribution in [-0.2, 0) is 6.42 Å². The molecule has 0 aliphatic carbocycles. The highest BCUT2D eigenvalue weighted by Gasteiger charge is 2.09. The first-order valence-corrected chi connectivity index (χ1v) is 7.04. The lowest BCUT2D eigenvalue weighted by Crippen LogP contribution is -2.00. The standard InChI is InChI=1S/C18H13N3O2/c1-11-4-14-5-12(6-15(9-19)17(14)21-10-11)7-16-8-13(18(22)23)2-3-20-16/h2-6,8,10H,7H2,1H3,(H,22,23). The predicted octanol–water partition coefficient (Wildman–Crippen LogP) is 3.10. The lowest BCUT2D eigenvalue weighted by atomic mass is 10.0. The lowest BCUT2D eigenvalue weighted by molar-refractivity contribution is 0.0696. The average molecular weight is 303 g/mol. The molecule has 1 aromatic carbocycles. The van der Waals surface area contributed by atoms with E-state index < -0.39 is 5.97 Å². The quantitative estimate of drug-likeness (QED) is 0.803. The Morgan fingerprint density at radius 3 is 2.83 bits per heavy atom. The highest BCUT2D eigenvalue weighted by molar-refractivity contribution is 5.87. The van der Waals surface area contributed by atoms with Gasteiger partial charge in [-0.1, -0.05) is 0 Å². The minimum Gasteiger partial charge on any atom is -0.478 e. The van der Waals surface area contributed by atoms with Crippen LogP contribution in [0.5, 0.6) is 0 Å². The van der Waals surface area contributed by atoms with Gasteiger partial charge in [-0.3, -0.25) is 9.97 Å². The van der Waals surface area contributed by atoms with Gasteiger partial charge in [-0.15, -0.1) is 0 Å². The molecule has 0 aliphatic rings. The third kappa shape index (κ3) is 3.01. The van der Waals surface area contributed by atoms with Crippen LogP contribution >= 0.6 is 0 Å². The van der Waals surface area contributed by atoms with Gasteiger partial charge in [0.1, 0.15) is 6.07 Å². The fraction of sp³-hybridized carbons (Fsp3) is 0.111. The van der Waals surface area contributed by atoms with Crippen molar-refractivity contribution in [3.63, 3.8) is 0 Å². The molecule has 2 aromatic heterocycles. The molecule has 5 nitrogen and oxygen atoms in total. The summed E-state index contributed by atoms with van der Waals surface area (Å²) in [6, 6.07) is 10.9. The molecular weight excluding hydrogens is 290 g/mol. The van der Waals surface area contributed by atoms with Crippen molar-refractivity contribution in [3.05, 3.63) is 70.7 Å². The van der Waals surface area contributed by atoms with E-state index in [9.17, 15) is 10.1 Å². The molecule has 3 rings (SSSR count). The van der Waals surface area contributed by atoms with Crippen molar-refractivity contribution < 1.29 is 9.90 Å². The summed E-state index contributed by atoms with van der Waals surface area (Å²) in [5.74, 6) is -0.982. The number of aromatic nitrogens is 2. The van der Waals surface area contributed by atoms with Crippen LogP contribution in [0.2, 0.25) is 0 Å². The number of pyridine rings is 2. The van der Waals surface area contributed by atoms with Crippen LogP contribution in [0.25, 0.3) is 10.9 Å². The summed E-state index contributed by atoms with van der Waals surface area (Å²) in [5.41, 5.74) is 3.95. The van der Waals surface area contributed by atoms with Gasteiger partial charge in [-0.25, -0.2) is 4.79 Å². The fourth-order valence-electron chi connectivity index (χ4n) is 2.53. The number of hydrogen-bond donors (Lipinski definition) is 1. The molecule has 0 fully saturated rings. The minimum atomic E-state index is -0.982. The molecule has 0 saturated heterocycles. The van der Waals surface area contributed by atoms with Crippen LogP contribution < -0.4 is 0 Å². The number of fused-ring (bicyclic) bond motifs is 1. The van der Waals surface area contributed by atoms with E-state index in [0.717, 1.165) is 16.5 Å². The van der Waals surface area contributed by atoms with Gasteiger partial charge in [-0.05, 0) is 48.4 Å². The Bertz CT molecular complexity index is 958. The first kappa shape index (κ1) is 14.7. The van der Waals surface area contributed by atoms with Crippen LogP contribution in [0.4, 0.5) is 0 Å². The zero-order valence-electron chi connectivity index (χ0n) is 12.4. The van der Waals surface area contributed by atoms with Crippen molar-refractivity contribution in [1.82, 2.24) is 9.97 Å². The van der Waals surface area contributed by atoms with E-state index in [1.807, 2.05) is 19.1 Å². The third-order valence-corrected chi connectivity index (χ3v) is 3.55. The van der Waals surface area contributed by atoms with Gasteiger partial charge in [0, 0.05) is 29.9 Å². The number of carboxylic acid groups (broad SMARTS) is 1. The van der Waals surface area contributed by atoms with Crippen LogP contribution in [0.15, 0.2) is 42.7 Å². The lowest BCUT2D eigenvalue weighted by Gasteiger charge is -2.07. The number of benzene rings is 1. The topological polar surface area (TPSA) is 86.9 Å². The Hall–Kier alpha value is -3.26. The molecule has 0 aliphatic heterocycles. The van der Waals surface area contributed by atoms with Crippen molar-refractivity contribution >= 4 is 16.9 Å². The second-order valence-electron chi connectivity index (χ2n) is 5.36. The molecule has 23 heavy (non-hydrogen) atoms. The maximum absolute atomic E-state index is 11.0. The normalized spacial score (nSPS) is 10.4. The zero-order valence-corrected chi connectivity index (χ0v) is 12.4. The molecule has 0 amide bonds. The number of nitrogens with zero attached hydrogens (tertiary/aromatic N) is 3. The monoisotopic (exact) mass is 303 g/mol. The van der Waals surface area contributed by atoms with E-state index in [0.29, 0.717) is 23.2 Å². The van der Waals surface area contributed by atoms with E-state index in [-0.39, 0.29) is 5.56 Å². The summed E-state index contributed by atoms with van der Waals surface area (Å²) in [6.45, 7) is 1.95. The predicted molar refractivity (Wildman–Crippen MR) is 85.2 cm³/mol. The molecule has 0 atom stereocenters. The van der Waals surface area contributed by atoms with Crippen molar-refractivity contribution in [2.75, 3.05) is 0 Å². The molecule has 3 aromatic rings. The summed E-state index contributed by atoms with van der Waals surface area (Å²) >= 11 is 0. The van der Waals surface area contributed by atoms with Crippen molar-refractivity contribution in [3.8, 4) is 6.07 Å². The number of aromatic carboxylic acids is 1. The van der Waals surface area contributed by atoms with Gasteiger partial charge in [-0.2, -0.15) is 5.26 Å². The van der Waals surface area contributed by atoms with Crippen molar-refractivity contribution in [2.45, 2.75) is 13.3 Å². The van der Waals surface area contributed by atoms with Gasteiger partial charge in [0.05, 0.1) is 16.6 Å². The highest BCUT2D eigenvalue weighted by Crippen LogP contribution is 2.21. The summed E-state index contributed by atoms with van der Waals surface area (Å²) in [6.07, 6.45) is 3.68. The van der Waals surface area contributed by atoms with Crippen LogP contribution in [0, 0.1) is 18.3 Å². The first-order chi connectivity index (χ1) is 11.1. The van der Waals surface area contributed by atoms with Gasteiger partial charge in [0.25, 0.3) is 0 Å². The second-order valence-corrected chi connectivity index (χ2v) is 5.36. The maximum atomic E-state index is 11.0. The molecule has 2 heterocycles. The van der Waals surface area contributed by atoms with E-state index in [4.69, 9.17) is 5.11 Å². The van der Waals surface area contributed by atoms with E-state index in [1.165, 1.54) is 12.3 Å². The molecule has 0 radical (unpaired) electrons. The van der Waals surface area contributed by atoms with E-state index >= 15 is 0 Å². The number of hydrogen-bond acceptors (Lipinski definition) is 4. The molecule has 1 N–H and O–H groups in total. The average Bonchev–Trinajstić information content (AvgIpc) is 2.54. The maximum Gasteiger partial charge on any atom is 0.335 e. The molecular formula is C18H13N3O2. The van der Waals surface area contributed by atoms with Gasteiger partial charge in [0.15, 0.2) is 0 Å². The minimum absolute atomic E-state index is 0.203. The Morgan fingerprint density at radius 1 is 1.26 bits per heavy atom. The number of nitriles is 1. The molecule has 5 heteroatoms. The van der Waals surface area contributed by atoms with Crippen molar-refractivity contribution in [2.24, 2.45) is 0 Å². The highest BCUT2D eigenvalue weighted by atomic mass is 16.4. The van der Waals surface area contributed by atoms with Crippen molar-refractivity contribution in [1.29, 1.82) is 5.26 Å². The molecule has 112 valence electrons.